The van der Waals surface area contributed by atoms with Crippen LogP contribution < -0.4 is 5.32 Å². The summed E-state index contributed by atoms with van der Waals surface area (Å²) in [5, 5.41) is 4.16. The third-order valence-corrected chi connectivity index (χ3v) is 5.73. The Bertz CT molecular complexity index is 702. The quantitative estimate of drug-likeness (QED) is 0.836. The maximum absolute atomic E-state index is 12.4. The molecule has 1 fully saturated rings. The van der Waals surface area contributed by atoms with Crippen molar-refractivity contribution in [2.24, 2.45) is 0 Å². The number of rotatable bonds is 5. The summed E-state index contributed by atoms with van der Waals surface area (Å²) in [6, 6.07) is 4.05. The molecule has 3 heterocycles. The van der Waals surface area contributed by atoms with E-state index < -0.39 is 0 Å². The summed E-state index contributed by atoms with van der Waals surface area (Å²) in [6.45, 7) is 8.34. The van der Waals surface area contributed by atoms with Gasteiger partial charge in [0.2, 0.25) is 0 Å². The van der Waals surface area contributed by atoms with Crippen LogP contribution in [-0.2, 0) is 0 Å². The van der Waals surface area contributed by atoms with Gasteiger partial charge in [0, 0.05) is 17.6 Å². The van der Waals surface area contributed by atoms with E-state index in [1.807, 2.05) is 13.0 Å². The molecule has 0 atom stereocenters. The molecule has 0 aliphatic carbocycles. The molecule has 1 aliphatic heterocycles. The van der Waals surface area contributed by atoms with Gasteiger partial charge in [-0.05, 0) is 70.4 Å². The van der Waals surface area contributed by atoms with Crippen LogP contribution in [0.4, 0.5) is 0 Å². The number of nitrogens with zero attached hydrogens (tertiary/aromatic N) is 2. The molecule has 0 bridgehead atoms. The summed E-state index contributed by atoms with van der Waals surface area (Å²) in [5.41, 5.74) is 2.19. The topological polar surface area (TPSA) is 45.2 Å². The fourth-order valence-electron chi connectivity index (χ4n) is 3.39. The standard InChI is InChI=1S/C19H27N3OS/c1-14-12-15(2)21-19-16(14)13-17(24-19)18(23)20-8-7-11-22-9-5-3-4-6-10-22/h12-13H,3-11H2,1-2H3,(H,20,23). The first-order chi connectivity index (χ1) is 11.6. The first-order valence-electron chi connectivity index (χ1n) is 9.02. The second-order valence-corrected chi connectivity index (χ2v) is 7.81. The first-order valence-corrected chi connectivity index (χ1v) is 9.83. The Hall–Kier alpha value is -1.46. The summed E-state index contributed by atoms with van der Waals surface area (Å²) in [4.78, 5) is 21.2. The van der Waals surface area contributed by atoms with Crippen LogP contribution in [0.1, 0.15) is 53.0 Å². The normalized spacial score (nSPS) is 16.2. The van der Waals surface area contributed by atoms with Crippen molar-refractivity contribution in [3.63, 3.8) is 0 Å². The molecule has 0 spiro atoms. The zero-order chi connectivity index (χ0) is 16.9. The number of hydrogen-bond acceptors (Lipinski definition) is 4. The minimum Gasteiger partial charge on any atom is -0.351 e. The molecular weight excluding hydrogens is 318 g/mol. The molecule has 130 valence electrons. The van der Waals surface area contributed by atoms with Crippen LogP contribution in [0.5, 0.6) is 0 Å². The monoisotopic (exact) mass is 345 g/mol. The van der Waals surface area contributed by atoms with Crippen molar-refractivity contribution in [1.29, 1.82) is 0 Å². The van der Waals surface area contributed by atoms with Crippen LogP contribution in [0, 0.1) is 13.8 Å². The van der Waals surface area contributed by atoms with E-state index in [1.165, 1.54) is 55.7 Å². The minimum absolute atomic E-state index is 0.0333. The Kier molecular flexibility index (Phi) is 5.85. The van der Waals surface area contributed by atoms with Crippen molar-refractivity contribution in [2.45, 2.75) is 46.0 Å². The van der Waals surface area contributed by atoms with Crippen molar-refractivity contribution in [3.05, 3.63) is 28.3 Å². The first kappa shape index (κ1) is 17.4. The Balaban J connectivity index is 1.51. The van der Waals surface area contributed by atoms with Gasteiger partial charge < -0.3 is 10.2 Å². The average Bonchev–Trinajstić information content (AvgIpc) is 2.81. The molecule has 0 unspecified atom stereocenters. The number of pyridine rings is 1. The van der Waals surface area contributed by atoms with Crippen molar-refractivity contribution in [2.75, 3.05) is 26.2 Å². The lowest BCUT2D eigenvalue weighted by atomic mass is 10.2. The number of amides is 1. The second kappa shape index (κ2) is 8.08. The van der Waals surface area contributed by atoms with Gasteiger partial charge in [0.25, 0.3) is 5.91 Å². The molecule has 0 aromatic carbocycles. The van der Waals surface area contributed by atoms with Gasteiger partial charge in [-0.25, -0.2) is 4.98 Å². The van der Waals surface area contributed by atoms with Crippen molar-refractivity contribution in [1.82, 2.24) is 15.2 Å². The predicted molar refractivity (Wildman–Crippen MR) is 101 cm³/mol. The number of aromatic nitrogens is 1. The number of thiophene rings is 1. The largest absolute Gasteiger partial charge is 0.351 e. The number of likely N-dealkylation sites (tertiary alicyclic amines) is 1. The van der Waals surface area contributed by atoms with Crippen LogP contribution >= 0.6 is 11.3 Å². The van der Waals surface area contributed by atoms with E-state index in [-0.39, 0.29) is 5.91 Å². The maximum atomic E-state index is 12.4. The molecule has 4 nitrogen and oxygen atoms in total. The SMILES string of the molecule is Cc1cc(C)c2cc(C(=O)NCCCN3CCCCCC3)sc2n1. The Morgan fingerprint density at radius 1 is 1.21 bits per heavy atom. The number of aryl methyl sites for hydroxylation is 2. The van der Waals surface area contributed by atoms with E-state index in [0.717, 1.165) is 40.3 Å². The van der Waals surface area contributed by atoms with Gasteiger partial charge in [-0.2, -0.15) is 0 Å². The fraction of sp³-hybridized carbons (Fsp3) is 0.579. The van der Waals surface area contributed by atoms with Gasteiger partial charge >= 0.3 is 0 Å². The molecular formula is C19H27N3OS. The lowest BCUT2D eigenvalue weighted by molar-refractivity contribution is 0.0956. The Morgan fingerprint density at radius 2 is 1.96 bits per heavy atom. The highest BCUT2D eigenvalue weighted by Gasteiger charge is 2.13. The molecule has 1 N–H and O–H groups in total. The zero-order valence-corrected chi connectivity index (χ0v) is 15.5. The van der Waals surface area contributed by atoms with Gasteiger partial charge in [-0.1, -0.05) is 12.8 Å². The van der Waals surface area contributed by atoms with Crippen LogP contribution in [0.3, 0.4) is 0 Å². The van der Waals surface area contributed by atoms with E-state index in [4.69, 9.17) is 0 Å². The highest BCUT2D eigenvalue weighted by Crippen LogP contribution is 2.27. The highest BCUT2D eigenvalue weighted by atomic mass is 32.1. The van der Waals surface area contributed by atoms with E-state index >= 15 is 0 Å². The van der Waals surface area contributed by atoms with Gasteiger partial charge in [0.05, 0.1) is 4.88 Å². The summed E-state index contributed by atoms with van der Waals surface area (Å²) < 4.78 is 0. The van der Waals surface area contributed by atoms with E-state index in [1.54, 1.807) is 0 Å². The Labute approximate surface area is 148 Å². The number of fused-ring (bicyclic) bond motifs is 1. The van der Waals surface area contributed by atoms with E-state index in [2.05, 4.69) is 28.2 Å². The number of nitrogens with one attached hydrogen (secondary N) is 1. The maximum Gasteiger partial charge on any atom is 0.261 e. The molecule has 1 aliphatic rings. The van der Waals surface area contributed by atoms with Gasteiger partial charge in [-0.3, -0.25) is 4.79 Å². The van der Waals surface area contributed by atoms with Crippen molar-refractivity contribution < 1.29 is 4.79 Å². The summed E-state index contributed by atoms with van der Waals surface area (Å²) in [7, 11) is 0. The smallest absolute Gasteiger partial charge is 0.261 e. The molecule has 0 saturated carbocycles. The highest BCUT2D eigenvalue weighted by molar-refractivity contribution is 7.20. The third-order valence-electron chi connectivity index (χ3n) is 4.70. The lowest BCUT2D eigenvalue weighted by Gasteiger charge is -2.19. The molecule has 3 rings (SSSR count). The van der Waals surface area contributed by atoms with Gasteiger partial charge in [0.1, 0.15) is 4.83 Å². The lowest BCUT2D eigenvalue weighted by Crippen LogP contribution is -2.30. The summed E-state index contributed by atoms with van der Waals surface area (Å²) >= 11 is 1.49. The van der Waals surface area contributed by atoms with Crippen LogP contribution in [-0.4, -0.2) is 42.0 Å². The minimum atomic E-state index is 0.0333. The second-order valence-electron chi connectivity index (χ2n) is 6.78. The number of carbonyl (C=O) groups is 1. The van der Waals surface area contributed by atoms with Crippen LogP contribution in [0.15, 0.2) is 12.1 Å². The predicted octanol–water partition coefficient (Wildman–Crippen LogP) is 3.91. The average molecular weight is 346 g/mol. The van der Waals surface area contributed by atoms with Gasteiger partial charge in [-0.15, -0.1) is 11.3 Å². The van der Waals surface area contributed by atoms with Gasteiger partial charge in [0.15, 0.2) is 0 Å². The molecule has 1 saturated heterocycles. The van der Waals surface area contributed by atoms with Crippen molar-refractivity contribution >= 4 is 27.5 Å². The van der Waals surface area contributed by atoms with E-state index in [9.17, 15) is 4.79 Å². The van der Waals surface area contributed by atoms with Crippen LogP contribution in [0.25, 0.3) is 10.2 Å². The molecule has 0 radical (unpaired) electrons. The van der Waals surface area contributed by atoms with Crippen LogP contribution in [0.2, 0.25) is 0 Å². The molecule has 24 heavy (non-hydrogen) atoms. The third kappa shape index (κ3) is 4.33. The molecule has 2 aromatic rings. The summed E-state index contributed by atoms with van der Waals surface area (Å²) in [6.07, 6.45) is 6.39. The molecule has 1 amide bonds. The Morgan fingerprint density at radius 3 is 2.71 bits per heavy atom. The fourth-order valence-corrected chi connectivity index (χ4v) is 4.46. The summed E-state index contributed by atoms with van der Waals surface area (Å²) in [5.74, 6) is 0.0333. The van der Waals surface area contributed by atoms with E-state index in [0.29, 0.717) is 0 Å². The number of carbonyl (C=O) groups excluding carboxylic acids is 1. The molecule has 2 aromatic heterocycles. The molecule has 5 heteroatoms. The zero-order valence-electron chi connectivity index (χ0n) is 14.7. The van der Waals surface area contributed by atoms with Crippen molar-refractivity contribution in [3.8, 4) is 0 Å². The number of hydrogen-bond donors (Lipinski definition) is 1.